The summed E-state index contributed by atoms with van der Waals surface area (Å²) in [4.78, 5) is 23.0. The molecule has 0 aliphatic rings. The van der Waals surface area contributed by atoms with Crippen LogP contribution in [-0.2, 0) is 11.3 Å². The van der Waals surface area contributed by atoms with Gasteiger partial charge in [0, 0.05) is 19.2 Å². The lowest BCUT2D eigenvalue weighted by atomic mass is 10.2. The summed E-state index contributed by atoms with van der Waals surface area (Å²) in [6.45, 7) is 0.0324. The number of ether oxygens (including phenoxy) is 1. The summed E-state index contributed by atoms with van der Waals surface area (Å²) >= 11 is 6.06. The molecule has 10 heteroatoms. The minimum Gasteiger partial charge on any atom is -0.484 e. The molecule has 28 heavy (non-hydrogen) atoms. The van der Waals surface area contributed by atoms with Crippen LogP contribution in [0, 0.1) is 0 Å². The predicted octanol–water partition coefficient (Wildman–Crippen LogP) is 4.56. The molecule has 0 spiro atoms. The SMILES string of the molecule is CC(=O)Nc1ccc(NC(=O)NCc2cccc(OCC(F)(F)F)c2)c(Cl)c1. The van der Waals surface area contributed by atoms with Gasteiger partial charge in [0.05, 0.1) is 10.7 Å². The molecular weight excluding hydrogens is 399 g/mol. The standard InChI is InChI=1S/C18H17ClF3N3O3/c1-11(26)24-13-5-6-16(15(19)8-13)25-17(27)23-9-12-3-2-4-14(7-12)28-10-18(20,21)22/h2-8H,9-10H2,1H3,(H,24,26)(H2,23,25,27). The van der Waals surface area contributed by atoms with Crippen molar-refractivity contribution in [3.63, 3.8) is 0 Å². The number of benzene rings is 2. The van der Waals surface area contributed by atoms with Crippen LogP contribution in [0.1, 0.15) is 12.5 Å². The molecule has 0 unspecified atom stereocenters. The van der Waals surface area contributed by atoms with Crippen LogP contribution in [0.2, 0.25) is 5.02 Å². The van der Waals surface area contributed by atoms with Crippen molar-refractivity contribution in [2.45, 2.75) is 19.6 Å². The fourth-order valence-corrected chi connectivity index (χ4v) is 2.38. The van der Waals surface area contributed by atoms with E-state index in [1.807, 2.05) is 0 Å². The second-order valence-electron chi connectivity index (χ2n) is 5.73. The third-order valence-corrected chi connectivity index (χ3v) is 3.60. The molecule has 2 rings (SSSR count). The highest BCUT2D eigenvalue weighted by molar-refractivity contribution is 6.34. The van der Waals surface area contributed by atoms with Crippen LogP contribution in [-0.4, -0.2) is 24.7 Å². The highest BCUT2D eigenvalue weighted by atomic mass is 35.5. The van der Waals surface area contributed by atoms with Crippen molar-refractivity contribution in [1.82, 2.24) is 5.32 Å². The van der Waals surface area contributed by atoms with E-state index in [9.17, 15) is 22.8 Å². The van der Waals surface area contributed by atoms with Gasteiger partial charge in [-0.25, -0.2) is 4.79 Å². The molecular formula is C18H17ClF3N3O3. The van der Waals surface area contributed by atoms with Crippen molar-refractivity contribution in [1.29, 1.82) is 0 Å². The molecule has 150 valence electrons. The Morgan fingerprint density at radius 3 is 2.50 bits per heavy atom. The monoisotopic (exact) mass is 415 g/mol. The van der Waals surface area contributed by atoms with Crippen LogP contribution >= 0.6 is 11.6 Å². The molecule has 2 aromatic rings. The molecule has 0 bridgehead atoms. The number of nitrogens with one attached hydrogen (secondary N) is 3. The Balaban J connectivity index is 1.89. The number of hydrogen-bond acceptors (Lipinski definition) is 3. The number of alkyl halides is 3. The highest BCUT2D eigenvalue weighted by Gasteiger charge is 2.28. The van der Waals surface area contributed by atoms with Gasteiger partial charge in [0.2, 0.25) is 5.91 Å². The van der Waals surface area contributed by atoms with E-state index in [0.29, 0.717) is 16.9 Å². The molecule has 0 saturated heterocycles. The van der Waals surface area contributed by atoms with Crippen LogP contribution in [0.15, 0.2) is 42.5 Å². The zero-order valence-corrected chi connectivity index (χ0v) is 15.4. The van der Waals surface area contributed by atoms with Gasteiger partial charge in [-0.2, -0.15) is 13.2 Å². The Labute approximate surface area is 164 Å². The smallest absolute Gasteiger partial charge is 0.422 e. The van der Waals surface area contributed by atoms with Crippen LogP contribution < -0.4 is 20.7 Å². The Bertz CT molecular complexity index is 859. The fraction of sp³-hybridized carbons (Fsp3) is 0.222. The predicted molar refractivity (Wildman–Crippen MR) is 99.6 cm³/mol. The first kappa shape index (κ1) is 21.4. The molecule has 0 fully saturated rings. The Kier molecular flexibility index (Phi) is 7.11. The normalized spacial score (nSPS) is 10.9. The summed E-state index contributed by atoms with van der Waals surface area (Å²) < 4.78 is 41.3. The molecule has 0 saturated carbocycles. The van der Waals surface area contributed by atoms with Gasteiger partial charge in [-0.1, -0.05) is 23.7 Å². The third-order valence-electron chi connectivity index (χ3n) is 3.29. The number of carbonyl (C=O) groups excluding carboxylic acids is 2. The van der Waals surface area contributed by atoms with E-state index >= 15 is 0 Å². The van der Waals surface area contributed by atoms with E-state index in [4.69, 9.17) is 11.6 Å². The third kappa shape index (κ3) is 7.36. The van der Waals surface area contributed by atoms with Gasteiger partial charge in [-0.3, -0.25) is 4.79 Å². The van der Waals surface area contributed by atoms with E-state index in [0.717, 1.165) is 0 Å². The summed E-state index contributed by atoms with van der Waals surface area (Å²) in [5.74, 6) is -0.204. The first-order valence-corrected chi connectivity index (χ1v) is 8.41. The number of carbonyl (C=O) groups is 2. The zero-order valence-electron chi connectivity index (χ0n) is 14.7. The summed E-state index contributed by atoms with van der Waals surface area (Å²) in [6, 6.07) is 9.99. The second kappa shape index (κ2) is 9.32. The van der Waals surface area contributed by atoms with Crippen molar-refractivity contribution >= 4 is 34.9 Å². The van der Waals surface area contributed by atoms with Crippen molar-refractivity contribution in [3.8, 4) is 5.75 Å². The lowest BCUT2D eigenvalue weighted by molar-refractivity contribution is -0.153. The van der Waals surface area contributed by atoms with Gasteiger partial charge in [-0.15, -0.1) is 0 Å². The van der Waals surface area contributed by atoms with Gasteiger partial charge < -0.3 is 20.7 Å². The molecule has 2 aromatic carbocycles. The van der Waals surface area contributed by atoms with Gasteiger partial charge in [0.15, 0.2) is 6.61 Å². The van der Waals surface area contributed by atoms with Gasteiger partial charge in [0.1, 0.15) is 5.75 Å². The van der Waals surface area contributed by atoms with Gasteiger partial charge >= 0.3 is 12.2 Å². The van der Waals surface area contributed by atoms with E-state index in [1.165, 1.54) is 37.3 Å². The summed E-state index contributed by atoms with van der Waals surface area (Å²) in [5, 5.41) is 7.90. The number of amides is 3. The van der Waals surface area contributed by atoms with Gasteiger partial charge in [-0.05, 0) is 35.9 Å². The maximum Gasteiger partial charge on any atom is 0.422 e. The summed E-state index contributed by atoms with van der Waals surface area (Å²) in [5.41, 5.74) is 1.37. The van der Waals surface area contributed by atoms with E-state index in [-0.39, 0.29) is 23.2 Å². The molecule has 0 atom stereocenters. The van der Waals surface area contributed by atoms with E-state index in [1.54, 1.807) is 12.1 Å². The first-order valence-electron chi connectivity index (χ1n) is 8.03. The first-order chi connectivity index (χ1) is 13.1. The van der Waals surface area contributed by atoms with Crippen molar-refractivity contribution < 1.29 is 27.5 Å². The number of urea groups is 1. The topological polar surface area (TPSA) is 79.5 Å². The molecule has 0 aliphatic heterocycles. The van der Waals surface area contributed by atoms with E-state index in [2.05, 4.69) is 20.7 Å². The Morgan fingerprint density at radius 1 is 1.11 bits per heavy atom. The molecule has 0 radical (unpaired) electrons. The molecule has 6 nitrogen and oxygen atoms in total. The molecule has 3 amide bonds. The molecule has 0 heterocycles. The van der Waals surface area contributed by atoms with Crippen LogP contribution in [0.5, 0.6) is 5.75 Å². The number of hydrogen-bond donors (Lipinski definition) is 3. The average Bonchev–Trinajstić information content (AvgIpc) is 2.60. The van der Waals surface area contributed by atoms with Crippen molar-refractivity contribution in [2.24, 2.45) is 0 Å². The lowest BCUT2D eigenvalue weighted by Crippen LogP contribution is -2.28. The van der Waals surface area contributed by atoms with Crippen LogP contribution in [0.3, 0.4) is 0 Å². The van der Waals surface area contributed by atoms with E-state index < -0.39 is 18.8 Å². The number of rotatable bonds is 6. The number of anilines is 2. The zero-order chi connectivity index (χ0) is 20.7. The minimum atomic E-state index is -4.43. The van der Waals surface area contributed by atoms with Crippen molar-refractivity contribution in [2.75, 3.05) is 17.2 Å². The lowest BCUT2D eigenvalue weighted by Gasteiger charge is -2.12. The minimum absolute atomic E-state index is 0.0497. The fourth-order valence-electron chi connectivity index (χ4n) is 2.16. The Hall–Kier alpha value is -2.94. The summed E-state index contributed by atoms with van der Waals surface area (Å²) in [6.07, 6.45) is -4.43. The highest BCUT2D eigenvalue weighted by Crippen LogP contribution is 2.25. The summed E-state index contributed by atoms with van der Waals surface area (Å²) in [7, 11) is 0. The molecule has 0 aliphatic carbocycles. The maximum absolute atomic E-state index is 12.2. The van der Waals surface area contributed by atoms with Gasteiger partial charge in [0.25, 0.3) is 0 Å². The van der Waals surface area contributed by atoms with Crippen LogP contribution in [0.4, 0.5) is 29.3 Å². The molecule has 0 aromatic heterocycles. The largest absolute Gasteiger partial charge is 0.484 e. The van der Waals surface area contributed by atoms with Crippen LogP contribution in [0.25, 0.3) is 0 Å². The Morgan fingerprint density at radius 2 is 1.86 bits per heavy atom. The second-order valence-corrected chi connectivity index (χ2v) is 6.14. The number of halogens is 4. The van der Waals surface area contributed by atoms with Crippen molar-refractivity contribution in [3.05, 3.63) is 53.1 Å². The maximum atomic E-state index is 12.2. The molecule has 3 N–H and O–H groups in total. The average molecular weight is 416 g/mol. The quantitative estimate of drug-likeness (QED) is 0.647.